The summed E-state index contributed by atoms with van der Waals surface area (Å²) in [4.78, 5) is 2.31. The molecule has 0 bridgehead atoms. The van der Waals surface area contributed by atoms with E-state index in [1.54, 1.807) is 6.07 Å². The summed E-state index contributed by atoms with van der Waals surface area (Å²) in [5, 5.41) is 3.29. The molecular formula is C15H23ClF2N2. The maximum Gasteiger partial charge on any atom is 0.130 e. The molecule has 114 valence electrons. The summed E-state index contributed by atoms with van der Waals surface area (Å²) >= 11 is 0. The predicted octanol–water partition coefficient (Wildman–Crippen LogP) is 3.52. The van der Waals surface area contributed by atoms with E-state index >= 15 is 0 Å². The largest absolute Gasteiger partial charge is 0.316 e. The van der Waals surface area contributed by atoms with Crippen LogP contribution in [0, 0.1) is 11.6 Å². The van der Waals surface area contributed by atoms with Crippen LogP contribution in [0.2, 0.25) is 0 Å². The van der Waals surface area contributed by atoms with Gasteiger partial charge in [0, 0.05) is 30.3 Å². The number of nitrogens with one attached hydrogen (secondary N) is 1. The van der Waals surface area contributed by atoms with Gasteiger partial charge in [0.25, 0.3) is 0 Å². The number of piperidine rings is 1. The van der Waals surface area contributed by atoms with Gasteiger partial charge < -0.3 is 5.32 Å². The summed E-state index contributed by atoms with van der Waals surface area (Å²) in [6.45, 7) is 3.95. The summed E-state index contributed by atoms with van der Waals surface area (Å²) in [5.74, 6) is -0.943. The van der Waals surface area contributed by atoms with E-state index in [0.717, 1.165) is 38.4 Å². The molecule has 2 unspecified atom stereocenters. The molecule has 0 radical (unpaired) electrons. The molecule has 2 nitrogen and oxygen atoms in total. The number of hydrogen-bond acceptors (Lipinski definition) is 2. The second-order valence-corrected chi connectivity index (χ2v) is 5.21. The summed E-state index contributed by atoms with van der Waals surface area (Å²) in [7, 11) is 1.97. The van der Waals surface area contributed by atoms with E-state index in [2.05, 4.69) is 17.1 Å². The van der Waals surface area contributed by atoms with Gasteiger partial charge in [0.15, 0.2) is 0 Å². The van der Waals surface area contributed by atoms with Gasteiger partial charge in [-0.2, -0.15) is 0 Å². The zero-order valence-electron chi connectivity index (χ0n) is 12.0. The van der Waals surface area contributed by atoms with E-state index in [1.165, 1.54) is 6.07 Å². The van der Waals surface area contributed by atoms with E-state index in [4.69, 9.17) is 0 Å². The molecule has 1 saturated heterocycles. The number of halogens is 3. The molecule has 1 heterocycles. The highest BCUT2D eigenvalue weighted by Crippen LogP contribution is 2.29. The van der Waals surface area contributed by atoms with Crippen LogP contribution in [0.3, 0.4) is 0 Å². The van der Waals surface area contributed by atoms with Crippen LogP contribution >= 0.6 is 12.4 Å². The lowest BCUT2D eigenvalue weighted by Gasteiger charge is -2.38. The number of hydrogen-bond donors (Lipinski definition) is 1. The summed E-state index contributed by atoms with van der Waals surface area (Å²) in [5.41, 5.74) is 0.612. The van der Waals surface area contributed by atoms with Crippen molar-refractivity contribution in [3.63, 3.8) is 0 Å². The van der Waals surface area contributed by atoms with Crippen molar-refractivity contribution >= 4 is 12.4 Å². The van der Waals surface area contributed by atoms with Crippen LogP contribution in [-0.2, 0) is 0 Å². The molecule has 0 spiro atoms. The Labute approximate surface area is 126 Å². The van der Waals surface area contributed by atoms with Crippen molar-refractivity contribution in [2.45, 2.75) is 38.3 Å². The fraction of sp³-hybridized carbons (Fsp3) is 0.600. The number of likely N-dealkylation sites (N-methyl/N-ethyl adjacent to an activating group) is 1. The third-order valence-corrected chi connectivity index (χ3v) is 4.01. The second kappa shape index (κ2) is 7.91. The van der Waals surface area contributed by atoms with Crippen LogP contribution in [0.15, 0.2) is 18.2 Å². The van der Waals surface area contributed by atoms with Gasteiger partial charge in [0.1, 0.15) is 11.6 Å². The van der Waals surface area contributed by atoms with Crippen LogP contribution in [0.5, 0.6) is 0 Å². The highest BCUT2D eigenvalue weighted by atomic mass is 35.5. The van der Waals surface area contributed by atoms with Crippen molar-refractivity contribution in [1.29, 1.82) is 0 Å². The average Bonchev–Trinajstić information content (AvgIpc) is 2.42. The van der Waals surface area contributed by atoms with Gasteiger partial charge in [-0.1, -0.05) is 13.0 Å². The molecule has 1 fully saturated rings. The summed E-state index contributed by atoms with van der Waals surface area (Å²) < 4.78 is 26.9. The molecule has 2 atom stereocenters. The normalized spacial score (nSPS) is 21.3. The van der Waals surface area contributed by atoms with Crippen molar-refractivity contribution < 1.29 is 8.78 Å². The van der Waals surface area contributed by atoms with Crippen LogP contribution in [0.25, 0.3) is 0 Å². The number of likely N-dealkylation sites (tertiary alicyclic amines) is 1. The topological polar surface area (TPSA) is 15.3 Å². The third kappa shape index (κ3) is 3.90. The Morgan fingerprint density at radius 3 is 2.75 bits per heavy atom. The molecule has 1 N–H and O–H groups in total. The fourth-order valence-electron chi connectivity index (χ4n) is 2.97. The second-order valence-electron chi connectivity index (χ2n) is 5.21. The lowest BCUT2D eigenvalue weighted by molar-refractivity contribution is 0.133. The Balaban J connectivity index is 0.00000200. The smallest absolute Gasteiger partial charge is 0.130 e. The maximum atomic E-state index is 13.9. The Kier molecular flexibility index (Phi) is 6.86. The molecular weight excluding hydrogens is 282 g/mol. The maximum absolute atomic E-state index is 13.9. The molecule has 5 heteroatoms. The zero-order valence-corrected chi connectivity index (χ0v) is 12.9. The molecule has 1 aromatic carbocycles. The quantitative estimate of drug-likeness (QED) is 0.915. The minimum absolute atomic E-state index is 0. The molecule has 0 saturated carbocycles. The highest BCUT2D eigenvalue weighted by Gasteiger charge is 2.26. The van der Waals surface area contributed by atoms with Crippen LogP contribution < -0.4 is 5.32 Å². The molecule has 2 rings (SSSR count). The Morgan fingerprint density at radius 2 is 2.15 bits per heavy atom. The monoisotopic (exact) mass is 304 g/mol. The first kappa shape index (κ1) is 17.3. The van der Waals surface area contributed by atoms with Crippen molar-refractivity contribution in [2.75, 3.05) is 20.1 Å². The van der Waals surface area contributed by atoms with E-state index in [0.29, 0.717) is 11.6 Å². The number of rotatable bonds is 4. The first-order valence-electron chi connectivity index (χ1n) is 7.02. The zero-order chi connectivity index (χ0) is 13.8. The van der Waals surface area contributed by atoms with Crippen molar-refractivity contribution in [3.8, 4) is 0 Å². The van der Waals surface area contributed by atoms with Gasteiger partial charge in [-0.15, -0.1) is 12.4 Å². The Morgan fingerprint density at radius 1 is 1.40 bits per heavy atom. The summed E-state index contributed by atoms with van der Waals surface area (Å²) in [6, 6.07) is 4.42. The highest BCUT2D eigenvalue weighted by molar-refractivity contribution is 5.85. The van der Waals surface area contributed by atoms with Crippen molar-refractivity contribution in [1.82, 2.24) is 10.2 Å². The number of benzene rings is 1. The summed E-state index contributed by atoms with van der Waals surface area (Å²) in [6.07, 6.45) is 3.11. The molecule has 1 aliphatic rings. The minimum atomic E-state index is -0.511. The van der Waals surface area contributed by atoms with Gasteiger partial charge >= 0.3 is 0 Å². The van der Waals surface area contributed by atoms with Crippen LogP contribution in [0.4, 0.5) is 8.78 Å². The van der Waals surface area contributed by atoms with Gasteiger partial charge in [0.2, 0.25) is 0 Å². The van der Waals surface area contributed by atoms with Crippen LogP contribution in [0.1, 0.15) is 37.8 Å². The van der Waals surface area contributed by atoms with E-state index in [9.17, 15) is 8.78 Å². The van der Waals surface area contributed by atoms with Gasteiger partial charge in [-0.3, -0.25) is 4.90 Å². The minimum Gasteiger partial charge on any atom is -0.316 e. The number of nitrogens with zero attached hydrogens (tertiary/aromatic N) is 1. The lowest BCUT2D eigenvalue weighted by atomic mass is 9.97. The van der Waals surface area contributed by atoms with Gasteiger partial charge in [0.05, 0.1) is 0 Å². The van der Waals surface area contributed by atoms with Crippen molar-refractivity contribution in [2.24, 2.45) is 0 Å². The van der Waals surface area contributed by atoms with Gasteiger partial charge in [-0.05, 0) is 38.9 Å². The first-order chi connectivity index (χ1) is 9.15. The van der Waals surface area contributed by atoms with Crippen LogP contribution in [-0.4, -0.2) is 31.1 Å². The molecule has 20 heavy (non-hydrogen) atoms. The average molecular weight is 305 g/mol. The van der Waals surface area contributed by atoms with E-state index in [1.807, 2.05) is 7.05 Å². The first-order valence-corrected chi connectivity index (χ1v) is 7.02. The molecule has 0 amide bonds. The Bertz CT molecular complexity index is 428. The van der Waals surface area contributed by atoms with Crippen molar-refractivity contribution in [3.05, 3.63) is 35.4 Å². The SMILES string of the molecule is CCC(c1ccc(F)cc1F)N1CCCC(NC)C1.Cl. The third-order valence-electron chi connectivity index (χ3n) is 4.01. The van der Waals surface area contributed by atoms with E-state index in [-0.39, 0.29) is 18.4 Å². The molecule has 0 aromatic heterocycles. The predicted molar refractivity (Wildman–Crippen MR) is 80.3 cm³/mol. The molecule has 1 aromatic rings. The van der Waals surface area contributed by atoms with Gasteiger partial charge in [-0.25, -0.2) is 8.78 Å². The fourth-order valence-corrected chi connectivity index (χ4v) is 2.97. The molecule has 0 aliphatic carbocycles. The molecule has 1 aliphatic heterocycles. The standard InChI is InChI=1S/C15H22F2N2.ClH/c1-3-15(13-7-6-11(16)9-14(13)17)19-8-4-5-12(10-19)18-2;/h6-7,9,12,15,18H,3-5,8,10H2,1-2H3;1H. The Hall–Kier alpha value is -0.710. The lowest BCUT2D eigenvalue weighted by Crippen LogP contribution is -2.45. The van der Waals surface area contributed by atoms with E-state index < -0.39 is 11.6 Å².